The molecule has 31 heavy (non-hydrogen) atoms. The van der Waals surface area contributed by atoms with Crippen molar-refractivity contribution >= 4 is 17.1 Å². The highest BCUT2D eigenvalue weighted by molar-refractivity contribution is 5.84. The third-order valence-corrected chi connectivity index (χ3v) is 4.99. The van der Waals surface area contributed by atoms with E-state index in [4.69, 9.17) is 24.8 Å². The zero-order chi connectivity index (χ0) is 22.2. The number of nitrogen functional groups attached to an aromatic ring is 1. The van der Waals surface area contributed by atoms with Gasteiger partial charge in [0.2, 0.25) is 0 Å². The number of nitrogens with two attached hydrogens (primary N) is 1. The maximum absolute atomic E-state index is 5.93. The predicted molar refractivity (Wildman–Crippen MR) is 120 cm³/mol. The number of rotatable bonds is 10. The van der Waals surface area contributed by atoms with Crippen LogP contribution in [0.3, 0.4) is 0 Å². The second kappa shape index (κ2) is 11.1. The van der Waals surface area contributed by atoms with Gasteiger partial charge in [0.25, 0.3) is 0 Å². The number of ether oxygens (including phenoxy) is 4. The van der Waals surface area contributed by atoms with Crippen LogP contribution in [0.5, 0.6) is 5.75 Å². The number of methoxy groups -OCH3 is 2. The van der Waals surface area contributed by atoms with Crippen LogP contribution >= 0.6 is 0 Å². The van der Waals surface area contributed by atoms with E-state index in [1.54, 1.807) is 20.5 Å². The maximum Gasteiger partial charge on any atom is 0.132 e. The lowest BCUT2D eigenvalue weighted by atomic mass is 10.0. The van der Waals surface area contributed by atoms with E-state index >= 15 is 0 Å². The molecule has 1 fully saturated rings. The number of nitrogens with zero attached hydrogens (tertiary/aromatic N) is 3. The van der Waals surface area contributed by atoms with E-state index in [2.05, 4.69) is 26.9 Å². The Hall–Kier alpha value is -2.72. The van der Waals surface area contributed by atoms with Crippen LogP contribution in [0, 0.1) is 0 Å². The van der Waals surface area contributed by atoms with Crippen LogP contribution in [-0.2, 0) is 14.2 Å². The maximum atomic E-state index is 5.93. The number of aromatic nitrogens is 2. The topological polar surface area (TPSA) is 104 Å². The van der Waals surface area contributed by atoms with Crippen molar-refractivity contribution in [3.8, 4) is 5.75 Å². The lowest BCUT2D eigenvalue weighted by molar-refractivity contribution is -0.0102. The van der Waals surface area contributed by atoms with Gasteiger partial charge in [-0.15, -0.1) is 0 Å². The number of hydrogen-bond donors (Lipinski definition) is 2. The number of morpholine rings is 1. The van der Waals surface area contributed by atoms with Crippen LogP contribution in [-0.4, -0.2) is 69.3 Å². The fourth-order valence-corrected chi connectivity index (χ4v) is 3.51. The minimum atomic E-state index is -0.0881. The van der Waals surface area contributed by atoms with Crippen LogP contribution in [0.25, 0.3) is 5.57 Å². The van der Waals surface area contributed by atoms with E-state index in [9.17, 15) is 0 Å². The highest BCUT2D eigenvalue weighted by Crippen LogP contribution is 2.31. The van der Waals surface area contributed by atoms with Gasteiger partial charge in [-0.25, -0.2) is 9.97 Å². The molecule has 3 rings (SSSR count). The first-order chi connectivity index (χ1) is 15.0. The Kier molecular flexibility index (Phi) is 8.19. The number of hydrazine groups is 1. The fraction of sp³-hybridized carbons (Fsp3) is 0.455. The molecule has 1 unspecified atom stereocenters. The smallest absolute Gasteiger partial charge is 0.132 e. The normalized spacial score (nSPS) is 17.3. The van der Waals surface area contributed by atoms with Crippen LogP contribution in [0.4, 0.5) is 11.5 Å². The number of nitrogens with one attached hydrogen (secondary N) is 1. The summed E-state index contributed by atoms with van der Waals surface area (Å²) >= 11 is 0. The molecule has 2 aromatic rings. The quantitative estimate of drug-likeness (QED) is 0.434. The molecule has 1 aromatic carbocycles. The standard InChI is InChI=1S/C22H31N5O4/c1-15(12-28-3)31-17-5-6-20(26-23)19(9-17)16(2)21-10-22(25-14-24-21)27-7-8-30-18(11-27)13-29-4/h5-6,9-10,14-15,18,26H,2,7-8,11-13,23H2,1,3-4H3/t15-,18?/m0/s1. The van der Waals surface area contributed by atoms with Crippen LogP contribution in [0.2, 0.25) is 0 Å². The Bertz CT molecular complexity index is 877. The molecule has 0 spiro atoms. The van der Waals surface area contributed by atoms with Gasteiger partial charge in [-0.2, -0.15) is 0 Å². The van der Waals surface area contributed by atoms with E-state index in [1.807, 2.05) is 31.2 Å². The summed E-state index contributed by atoms with van der Waals surface area (Å²) in [5.41, 5.74) is 5.67. The summed E-state index contributed by atoms with van der Waals surface area (Å²) in [6.07, 6.45) is 1.47. The average Bonchev–Trinajstić information content (AvgIpc) is 2.79. The van der Waals surface area contributed by atoms with Crippen molar-refractivity contribution in [3.63, 3.8) is 0 Å². The first kappa shape index (κ1) is 23.0. The summed E-state index contributed by atoms with van der Waals surface area (Å²) < 4.78 is 22.0. The molecule has 1 aliphatic heterocycles. The van der Waals surface area contributed by atoms with E-state index < -0.39 is 0 Å². The molecule has 2 atom stereocenters. The molecule has 1 aliphatic rings. The van der Waals surface area contributed by atoms with Gasteiger partial charge >= 0.3 is 0 Å². The summed E-state index contributed by atoms with van der Waals surface area (Å²) in [4.78, 5) is 11.1. The van der Waals surface area contributed by atoms with Crippen molar-refractivity contribution in [2.75, 3.05) is 57.5 Å². The molecule has 3 N–H and O–H groups in total. The highest BCUT2D eigenvalue weighted by Gasteiger charge is 2.22. The summed E-state index contributed by atoms with van der Waals surface area (Å²) in [7, 11) is 3.32. The molecule has 9 nitrogen and oxygen atoms in total. The van der Waals surface area contributed by atoms with Crippen molar-refractivity contribution in [1.82, 2.24) is 9.97 Å². The van der Waals surface area contributed by atoms with Gasteiger partial charge in [-0.1, -0.05) is 6.58 Å². The molecule has 1 aromatic heterocycles. The summed E-state index contributed by atoms with van der Waals surface area (Å²) in [5.74, 6) is 7.25. The fourth-order valence-electron chi connectivity index (χ4n) is 3.51. The Balaban J connectivity index is 1.83. The Labute approximate surface area is 183 Å². The van der Waals surface area contributed by atoms with Gasteiger partial charge in [0.1, 0.15) is 24.0 Å². The van der Waals surface area contributed by atoms with Crippen LogP contribution < -0.4 is 20.9 Å². The monoisotopic (exact) mass is 429 g/mol. The van der Waals surface area contributed by atoms with E-state index in [-0.39, 0.29) is 12.2 Å². The molecule has 0 amide bonds. The number of hydrogen-bond acceptors (Lipinski definition) is 9. The molecule has 0 bridgehead atoms. The minimum absolute atomic E-state index is 0.0105. The highest BCUT2D eigenvalue weighted by atomic mass is 16.5. The molecule has 0 aliphatic carbocycles. The summed E-state index contributed by atoms with van der Waals surface area (Å²) in [6.45, 7) is 9.31. The number of anilines is 2. The zero-order valence-corrected chi connectivity index (χ0v) is 18.3. The molecule has 0 radical (unpaired) electrons. The summed E-state index contributed by atoms with van der Waals surface area (Å²) in [6, 6.07) is 7.54. The molecule has 2 heterocycles. The SMILES string of the molecule is C=C(c1cc(N2CCOC(COC)C2)ncn1)c1cc(O[C@@H](C)COC)ccc1NN. The first-order valence-corrected chi connectivity index (χ1v) is 10.2. The Morgan fingerprint density at radius 3 is 2.90 bits per heavy atom. The summed E-state index contributed by atoms with van der Waals surface area (Å²) in [5, 5.41) is 0. The minimum Gasteiger partial charge on any atom is -0.488 e. The number of benzene rings is 1. The molecule has 0 saturated carbocycles. The van der Waals surface area contributed by atoms with E-state index in [0.29, 0.717) is 43.4 Å². The third kappa shape index (κ3) is 5.92. The second-order valence-electron chi connectivity index (χ2n) is 7.37. The van der Waals surface area contributed by atoms with Crippen LogP contribution in [0.1, 0.15) is 18.2 Å². The van der Waals surface area contributed by atoms with Crippen LogP contribution in [0.15, 0.2) is 37.2 Å². The van der Waals surface area contributed by atoms with Crippen molar-refractivity contribution in [2.24, 2.45) is 5.84 Å². The van der Waals surface area contributed by atoms with Crippen molar-refractivity contribution in [3.05, 3.63) is 48.4 Å². The molecule has 1 saturated heterocycles. The Morgan fingerprint density at radius 1 is 1.32 bits per heavy atom. The molecule has 9 heteroatoms. The molecule has 168 valence electrons. The lowest BCUT2D eigenvalue weighted by Crippen LogP contribution is -2.44. The van der Waals surface area contributed by atoms with Gasteiger partial charge in [0.05, 0.1) is 37.3 Å². The first-order valence-electron chi connectivity index (χ1n) is 10.2. The lowest BCUT2D eigenvalue weighted by Gasteiger charge is -2.33. The van der Waals surface area contributed by atoms with Crippen molar-refractivity contribution < 1.29 is 18.9 Å². The van der Waals surface area contributed by atoms with E-state index in [0.717, 1.165) is 23.6 Å². The second-order valence-corrected chi connectivity index (χ2v) is 7.37. The zero-order valence-electron chi connectivity index (χ0n) is 18.3. The van der Waals surface area contributed by atoms with Gasteiger partial charge in [0, 0.05) is 44.5 Å². The van der Waals surface area contributed by atoms with Crippen molar-refractivity contribution in [1.29, 1.82) is 0 Å². The van der Waals surface area contributed by atoms with Gasteiger partial charge in [0.15, 0.2) is 0 Å². The largest absolute Gasteiger partial charge is 0.488 e. The van der Waals surface area contributed by atoms with Gasteiger partial charge in [-0.3, -0.25) is 5.84 Å². The van der Waals surface area contributed by atoms with Crippen molar-refractivity contribution in [2.45, 2.75) is 19.1 Å². The molecular weight excluding hydrogens is 398 g/mol. The van der Waals surface area contributed by atoms with E-state index in [1.165, 1.54) is 0 Å². The molecular formula is C22H31N5O4. The van der Waals surface area contributed by atoms with Gasteiger partial charge < -0.3 is 29.3 Å². The average molecular weight is 430 g/mol. The predicted octanol–water partition coefficient (Wildman–Crippen LogP) is 2.09. The van der Waals surface area contributed by atoms with Gasteiger partial charge in [-0.05, 0) is 25.1 Å². The third-order valence-electron chi connectivity index (χ3n) is 4.99. The Morgan fingerprint density at radius 2 is 2.16 bits per heavy atom.